The van der Waals surface area contributed by atoms with Crippen LogP contribution in [0.2, 0.25) is 0 Å². The lowest BCUT2D eigenvalue weighted by molar-refractivity contribution is 0.0927. The van der Waals surface area contributed by atoms with E-state index in [1.807, 2.05) is 38.2 Å². The molecule has 1 aliphatic rings. The molecule has 0 unspecified atom stereocenters. The van der Waals surface area contributed by atoms with Crippen molar-refractivity contribution in [2.75, 3.05) is 18.0 Å². The molecule has 4 rings (SSSR count). The van der Waals surface area contributed by atoms with E-state index in [-0.39, 0.29) is 11.9 Å². The first-order chi connectivity index (χ1) is 12.1. The van der Waals surface area contributed by atoms with Gasteiger partial charge in [0.1, 0.15) is 0 Å². The first-order valence-corrected chi connectivity index (χ1v) is 8.61. The van der Waals surface area contributed by atoms with Gasteiger partial charge in [-0.15, -0.1) is 0 Å². The van der Waals surface area contributed by atoms with Gasteiger partial charge >= 0.3 is 0 Å². The Bertz CT molecular complexity index is 903. The SMILES string of the molecule is Cc1cc(N2CCC(NC(=O)c3nn(C)c4ccccc34)CC2)n[nH]1. The van der Waals surface area contributed by atoms with Gasteiger partial charge in [-0.25, -0.2) is 0 Å². The molecule has 0 spiro atoms. The number of fused-ring (bicyclic) bond motifs is 1. The van der Waals surface area contributed by atoms with Gasteiger partial charge in [-0.1, -0.05) is 18.2 Å². The minimum atomic E-state index is -0.0918. The highest BCUT2D eigenvalue weighted by atomic mass is 16.2. The van der Waals surface area contributed by atoms with Crippen LogP contribution in [0.4, 0.5) is 5.82 Å². The van der Waals surface area contributed by atoms with Crippen LogP contribution in [0.25, 0.3) is 10.9 Å². The number of nitrogens with zero attached hydrogens (tertiary/aromatic N) is 4. The minimum absolute atomic E-state index is 0.0918. The molecule has 1 fully saturated rings. The van der Waals surface area contributed by atoms with Crippen LogP contribution in [0.15, 0.2) is 30.3 Å². The molecule has 0 radical (unpaired) electrons. The van der Waals surface area contributed by atoms with Crippen molar-refractivity contribution in [1.82, 2.24) is 25.3 Å². The molecule has 1 saturated heterocycles. The van der Waals surface area contributed by atoms with E-state index in [4.69, 9.17) is 0 Å². The number of aromatic amines is 1. The van der Waals surface area contributed by atoms with Crippen LogP contribution in [0.3, 0.4) is 0 Å². The third-order valence-corrected chi connectivity index (χ3v) is 4.82. The molecule has 3 heterocycles. The molecule has 2 aromatic heterocycles. The minimum Gasteiger partial charge on any atom is -0.355 e. The fourth-order valence-electron chi connectivity index (χ4n) is 3.45. The Morgan fingerprint density at radius 2 is 2.04 bits per heavy atom. The number of amides is 1. The first-order valence-electron chi connectivity index (χ1n) is 8.61. The van der Waals surface area contributed by atoms with Crippen LogP contribution < -0.4 is 10.2 Å². The molecule has 7 heteroatoms. The van der Waals surface area contributed by atoms with Crippen LogP contribution in [-0.4, -0.2) is 45.0 Å². The summed E-state index contributed by atoms with van der Waals surface area (Å²) in [4.78, 5) is 14.9. The number of hydrogen-bond donors (Lipinski definition) is 2. The van der Waals surface area contributed by atoms with E-state index in [1.54, 1.807) is 4.68 Å². The van der Waals surface area contributed by atoms with E-state index in [2.05, 4.69) is 31.6 Å². The van der Waals surface area contributed by atoms with Crippen molar-refractivity contribution in [3.8, 4) is 0 Å². The lowest BCUT2D eigenvalue weighted by Gasteiger charge is -2.32. The van der Waals surface area contributed by atoms with E-state index < -0.39 is 0 Å². The number of aromatic nitrogens is 4. The molecule has 25 heavy (non-hydrogen) atoms. The smallest absolute Gasteiger partial charge is 0.272 e. The summed E-state index contributed by atoms with van der Waals surface area (Å²) in [6.07, 6.45) is 1.81. The van der Waals surface area contributed by atoms with E-state index in [1.165, 1.54) is 0 Å². The van der Waals surface area contributed by atoms with Crippen molar-refractivity contribution in [3.63, 3.8) is 0 Å². The van der Waals surface area contributed by atoms with Crippen molar-refractivity contribution in [2.24, 2.45) is 7.05 Å². The predicted octanol–water partition coefficient (Wildman–Crippen LogP) is 2.00. The molecule has 2 N–H and O–H groups in total. The number of hydrogen-bond acceptors (Lipinski definition) is 4. The molecule has 1 aliphatic heterocycles. The van der Waals surface area contributed by atoms with Gasteiger partial charge in [-0.3, -0.25) is 14.6 Å². The van der Waals surface area contributed by atoms with Gasteiger partial charge in [0.15, 0.2) is 11.5 Å². The summed E-state index contributed by atoms with van der Waals surface area (Å²) in [6, 6.07) is 10.0. The van der Waals surface area contributed by atoms with Crippen molar-refractivity contribution in [2.45, 2.75) is 25.8 Å². The fraction of sp³-hybridized carbons (Fsp3) is 0.389. The molecule has 0 bridgehead atoms. The first kappa shape index (κ1) is 15.7. The summed E-state index contributed by atoms with van der Waals surface area (Å²) < 4.78 is 1.76. The Kier molecular flexibility index (Phi) is 3.91. The number of anilines is 1. The third kappa shape index (κ3) is 2.97. The second kappa shape index (κ2) is 6.23. The highest BCUT2D eigenvalue weighted by Gasteiger charge is 2.24. The van der Waals surface area contributed by atoms with Gasteiger partial charge in [-0.2, -0.15) is 10.2 Å². The van der Waals surface area contributed by atoms with E-state index >= 15 is 0 Å². The predicted molar refractivity (Wildman–Crippen MR) is 96.7 cm³/mol. The van der Waals surface area contributed by atoms with Crippen LogP contribution in [-0.2, 0) is 7.05 Å². The molecule has 1 aromatic carbocycles. The monoisotopic (exact) mass is 338 g/mol. The maximum atomic E-state index is 12.7. The standard InChI is InChI=1S/C18H22N6O/c1-12-11-16(21-20-12)24-9-7-13(8-10-24)19-18(25)17-14-5-3-4-6-15(14)23(2)22-17/h3-6,11,13H,7-10H2,1-2H3,(H,19,25)(H,20,21). The quantitative estimate of drug-likeness (QED) is 0.766. The molecular formula is C18H22N6O. The molecule has 0 atom stereocenters. The number of piperidine rings is 1. The summed E-state index contributed by atoms with van der Waals surface area (Å²) in [5.74, 6) is 0.892. The van der Waals surface area contributed by atoms with Crippen molar-refractivity contribution in [1.29, 1.82) is 0 Å². The van der Waals surface area contributed by atoms with Crippen molar-refractivity contribution < 1.29 is 4.79 Å². The van der Waals surface area contributed by atoms with E-state index in [0.717, 1.165) is 48.3 Å². The summed E-state index contributed by atoms with van der Waals surface area (Å²) >= 11 is 0. The highest BCUT2D eigenvalue weighted by molar-refractivity contribution is 6.04. The van der Waals surface area contributed by atoms with Gasteiger partial charge in [0, 0.05) is 43.3 Å². The molecule has 130 valence electrons. The second-order valence-electron chi connectivity index (χ2n) is 6.63. The number of H-pyrrole nitrogens is 1. The average Bonchev–Trinajstić information content (AvgIpc) is 3.20. The molecule has 1 amide bonds. The summed E-state index contributed by atoms with van der Waals surface area (Å²) in [5.41, 5.74) is 2.53. The summed E-state index contributed by atoms with van der Waals surface area (Å²) in [6.45, 7) is 3.77. The second-order valence-corrected chi connectivity index (χ2v) is 6.63. The van der Waals surface area contributed by atoms with Gasteiger partial charge < -0.3 is 10.2 Å². The Labute approximate surface area is 146 Å². The number of para-hydroxylation sites is 1. The Hall–Kier alpha value is -2.83. The van der Waals surface area contributed by atoms with Gasteiger partial charge in [0.05, 0.1) is 5.52 Å². The highest BCUT2D eigenvalue weighted by Crippen LogP contribution is 2.20. The van der Waals surface area contributed by atoms with Gasteiger partial charge in [0.2, 0.25) is 0 Å². The Morgan fingerprint density at radius 3 is 2.76 bits per heavy atom. The third-order valence-electron chi connectivity index (χ3n) is 4.82. The van der Waals surface area contributed by atoms with Crippen molar-refractivity contribution in [3.05, 3.63) is 41.7 Å². The van der Waals surface area contributed by atoms with Gasteiger partial charge in [0.25, 0.3) is 5.91 Å². The summed E-state index contributed by atoms with van der Waals surface area (Å²) in [7, 11) is 1.86. The summed E-state index contributed by atoms with van der Waals surface area (Å²) in [5, 5.41) is 15.7. The molecule has 3 aromatic rings. The lowest BCUT2D eigenvalue weighted by atomic mass is 10.0. The molecular weight excluding hydrogens is 316 g/mol. The largest absolute Gasteiger partial charge is 0.355 e. The number of carbonyl (C=O) groups excluding carboxylic acids is 1. The average molecular weight is 338 g/mol. The number of nitrogens with one attached hydrogen (secondary N) is 2. The zero-order chi connectivity index (χ0) is 17.4. The van der Waals surface area contributed by atoms with Crippen LogP contribution in [0.1, 0.15) is 29.0 Å². The van der Waals surface area contributed by atoms with Crippen LogP contribution in [0.5, 0.6) is 0 Å². The Morgan fingerprint density at radius 1 is 1.28 bits per heavy atom. The normalized spacial score (nSPS) is 15.7. The molecule has 0 saturated carbocycles. The zero-order valence-corrected chi connectivity index (χ0v) is 14.5. The number of carbonyl (C=O) groups is 1. The number of aryl methyl sites for hydroxylation is 2. The van der Waals surface area contributed by atoms with Crippen LogP contribution in [0, 0.1) is 6.92 Å². The molecule has 7 nitrogen and oxygen atoms in total. The fourth-order valence-corrected chi connectivity index (χ4v) is 3.45. The number of rotatable bonds is 3. The maximum absolute atomic E-state index is 12.7. The zero-order valence-electron chi connectivity index (χ0n) is 14.5. The van der Waals surface area contributed by atoms with E-state index in [0.29, 0.717) is 5.69 Å². The van der Waals surface area contributed by atoms with Gasteiger partial charge in [-0.05, 0) is 25.8 Å². The Balaban J connectivity index is 1.42. The number of benzene rings is 1. The maximum Gasteiger partial charge on any atom is 0.272 e. The van der Waals surface area contributed by atoms with Crippen LogP contribution >= 0.6 is 0 Å². The molecule has 0 aliphatic carbocycles. The topological polar surface area (TPSA) is 78.8 Å². The van der Waals surface area contributed by atoms with E-state index in [9.17, 15) is 4.79 Å². The van der Waals surface area contributed by atoms with Crippen molar-refractivity contribution >= 4 is 22.6 Å². The lowest BCUT2D eigenvalue weighted by Crippen LogP contribution is -2.45.